The van der Waals surface area contributed by atoms with Crippen LogP contribution in [0.4, 0.5) is 5.69 Å². The van der Waals surface area contributed by atoms with Gasteiger partial charge in [0.2, 0.25) is 5.91 Å². The van der Waals surface area contributed by atoms with Crippen molar-refractivity contribution in [2.24, 2.45) is 4.99 Å². The largest absolute Gasteiger partial charge is 0.357 e. The first-order chi connectivity index (χ1) is 14.1. The van der Waals surface area contributed by atoms with Crippen molar-refractivity contribution < 1.29 is 4.79 Å². The van der Waals surface area contributed by atoms with Crippen molar-refractivity contribution in [3.05, 3.63) is 64.7 Å². The first-order valence-corrected chi connectivity index (χ1v) is 10.6. The predicted molar refractivity (Wildman–Crippen MR) is 134 cm³/mol. The van der Waals surface area contributed by atoms with E-state index in [2.05, 4.69) is 41.1 Å². The molecular formula is C23H28ClIN4O. The minimum atomic E-state index is 0. The Bertz CT molecular complexity index is 929. The monoisotopic (exact) mass is 538 g/mol. The number of nitrogens with one attached hydrogen (secondary N) is 3. The molecule has 1 aliphatic carbocycles. The lowest BCUT2D eigenvalue weighted by Crippen LogP contribution is -2.41. The summed E-state index contributed by atoms with van der Waals surface area (Å²) in [4.78, 5) is 16.9. The van der Waals surface area contributed by atoms with E-state index in [0.29, 0.717) is 13.0 Å². The lowest BCUT2D eigenvalue weighted by molar-refractivity contribution is -0.116. The molecule has 0 bridgehead atoms. The fourth-order valence-electron chi connectivity index (χ4n) is 3.98. The van der Waals surface area contributed by atoms with Gasteiger partial charge >= 0.3 is 0 Å². The highest BCUT2D eigenvalue weighted by Crippen LogP contribution is 2.48. The van der Waals surface area contributed by atoms with Crippen molar-refractivity contribution >= 4 is 53.1 Å². The van der Waals surface area contributed by atoms with Crippen LogP contribution in [0, 0.1) is 0 Å². The number of hydrogen-bond acceptors (Lipinski definition) is 2. The van der Waals surface area contributed by atoms with Gasteiger partial charge in [-0.05, 0) is 49.1 Å². The molecule has 2 aliphatic rings. The van der Waals surface area contributed by atoms with Crippen LogP contribution in [0.25, 0.3) is 0 Å². The quantitative estimate of drug-likeness (QED) is 0.285. The number of amides is 1. The molecule has 1 heterocycles. The number of fused-ring (bicyclic) bond motifs is 1. The number of anilines is 1. The van der Waals surface area contributed by atoms with Crippen LogP contribution in [0.2, 0.25) is 5.02 Å². The Morgan fingerprint density at radius 1 is 1.20 bits per heavy atom. The van der Waals surface area contributed by atoms with Crippen molar-refractivity contribution in [1.29, 1.82) is 0 Å². The molecule has 0 radical (unpaired) electrons. The van der Waals surface area contributed by atoms with Gasteiger partial charge in [-0.15, -0.1) is 24.0 Å². The third kappa shape index (κ3) is 5.27. The van der Waals surface area contributed by atoms with Crippen molar-refractivity contribution in [2.75, 3.05) is 25.0 Å². The lowest BCUT2D eigenvalue weighted by atomic mass is 9.90. The number of nitrogens with zero attached hydrogens (tertiary/aromatic N) is 1. The third-order valence-electron chi connectivity index (χ3n) is 5.80. The molecule has 1 atom stereocenters. The van der Waals surface area contributed by atoms with E-state index in [1.165, 1.54) is 11.1 Å². The normalized spacial score (nSPS) is 19.2. The van der Waals surface area contributed by atoms with Gasteiger partial charge < -0.3 is 16.0 Å². The number of carbonyl (C=O) groups is 1. The lowest BCUT2D eigenvalue weighted by Gasteiger charge is -2.26. The van der Waals surface area contributed by atoms with E-state index in [9.17, 15) is 4.79 Å². The first-order valence-electron chi connectivity index (χ1n) is 10.3. The number of rotatable bonds is 6. The predicted octanol–water partition coefficient (Wildman–Crippen LogP) is 4.67. The second-order valence-corrected chi connectivity index (χ2v) is 8.34. The Balaban J connectivity index is 0.00000256. The molecular weight excluding hydrogens is 511 g/mol. The highest BCUT2D eigenvalue weighted by Gasteiger charge is 2.44. The summed E-state index contributed by atoms with van der Waals surface area (Å²) in [5.41, 5.74) is 3.45. The van der Waals surface area contributed by atoms with Gasteiger partial charge in [-0.1, -0.05) is 41.9 Å². The summed E-state index contributed by atoms with van der Waals surface area (Å²) >= 11 is 6.19. The molecule has 3 N–H and O–H groups in total. The fourth-order valence-corrected chi connectivity index (χ4v) is 4.17. The van der Waals surface area contributed by atoms with E-state index < -0.39 is 0 Å². The van der Waals surface area contributed by atoms with Crippen LogP contribution in [-0.4, -0.2) is 31.5 Å². The smallest absolute Gasteiger partial charge is 0.225 e. The Kier molecular flexibility index (Phi) is 7.63. The summed E-state index contributed by atoms with van der Waals surface area (Å²) < 4.78 is 0. The maximum Gasteiger partial charge on any atom is 0.225 e. The SMILES string of the molecule is CCNC(=NCC1(c2cccc(Cl)c2)CC1)NCC1CC(=O)Nc2ccccc21.I. The summed E-state index contributed by atoms with van der Waals surface area (Å²) in [5.74, 6) is 0.992. The molecule has 160 valence electrons. The van der Waals surface area contributed by atoms with Gasteiger partial charge in [0, 0.05) is 41.6 Å². The second-order valence-electron chi connectivity index (χ2n) is 7.90. The minimum Gasteiger partial charge on any atom is -0.357 e. The number of halogens is 2. The number of hydrogen-bond donors (Lipinski definition) is 3. The third-order valence-corrected chi connectivity index (χ3v) is 6.03. The van der Waals surface area contributed by atoms with Crippen LogP contribution in [0.1, 0.15) is 43.2 Å². The average Bonchev–Trinajstić information content (AvgIpc) is 3.51. The highest BCUT2D eigenvalue weighted by molar-refractivity contribution is 14.0. The Morgan fingerprint density at radius 2 is 2.00 bits per heavy atom. The van der Waals surface area contributed by atoms with Crippen molar-refractivity contribution in [3.8, 4) is 0 Å². The molecule has 2 aromatic carbocycles. The van der Waals surface area contributed by atoms with E-state index in [-0.39, 0.29) is 41.2 Å². The summed E-state index contributed by atoms with van der Waals surface area (Å²) in [5, 5.41) is 10.5. The maximum absolute atomic E-state index is 12.1. The number of para-hydroxylation sites is 1. The maximum atomic E-state index is 12.1. The fraction of sp³-hybridized carbons (Fsp3) is 0.391. The zero-order chi connectivity index (χ0) is 20.3. The van der Waals surface area contributed by atoms with Crippen LogP contribution >= 0.6 is 35.6 Å². The van der Waals surface area contributed by atoms with Crippen LogP contribution in [0.3, 0.4) is 0 Å². The molecule has 4 rings (SSSR count). The minimum absolute atomic E-state index is 0. The van der Waals surface area contributed by atoms with Crippen LogP contribution < -0.4 is 16.0 Å². The summed E-state index contributed by atoms with van der Waals surface area (Å²) in [6.07, 6.45) is 2.74. The van der Waals surface area contributed by atoms with Crippen LogP contribution in [0.5, 0.6) is 0 Å². The van der Waals surface area contributed by atoms with Crippen molar-refractivity contribution in [1.82, 2.24) is 10.6 Å². The first kappa shape index (κ1) is 22.9. The summed E-state index contributed by atoms with van der Waals surface area (Å²) in [6, 6.07) is 16.1. The van der Waals surface area contributed by atoms with Crippen LogP contribution in [0.15, 0.2) is 53.5 Å². The van der Waals surface area contributed by atoms with Crippen molar-refractivity contribution in [2.45, 2.75) is 37.5 Å². The van der Waals surface area contributed by atoms with Gasteiger partial charge in [-0.2, -0.15) is 0 Å². The highest BCUT2D eigenvalue weighted by atomic mass is 127. The summed E-state index contributed by atoms with van der Waals surface area (Å²) in [6.45, 7) is 4.24. The van der Waals surface area contributed by atoms with Gasteiger partial charge in [0.15, 0.2) is 5.96 Å². The molecule has 7 heteroatoms. The standard InChI is InChI=1S/C23H27ClN4O.HI/c1-2-25-22(27-15-23(10-11-23)17-6-5-7-18(24)13-17)26-14-16-12-21(29)28-20-9-4-3-8-19(16)20;/h3-9,13,16H,2,10-12,14-15H2,1H3,(H,28,29)(H2,25,26,27);1H. The van der Waals surface area contributed by atoms with E-state index in [4.69, 9.17) is 16.6 Å². The average molecular weight is 539 g/mol. The molecule has 1 saturated carbocycles. The summed E-state index contributed by atoms with van der Waals surface area (Å²) in [7, 11) is 0. The van der Waals surface area contributed by atoms with E-state index in [0.717, 1.165) is 42.6 Å². The number of carbonyl (C=O) groups excluding carboxylic acids is 1. The Morgan fingerprint density at radius 3 is 2.73 bits per heavy atom. The van der Waals surface area contributed by atoms with Gasteiger partial charge in [-0.3, -0.25) is 9.79 Å². The number of benzene rings is 2. The molecule has 0 saturated heterocycles. The van der Waals surface area contributed by atoms with E-state index in [1.54, 1.807) is 0 Å². The van der Waals surface area contributed by atoms with Gasteiger partial charge in [0.25, 0.3) is 0 Å². The van der Waals surface area contributed by atoms with E-state index in [1.807, 2.05) is 30.3 Å². The van der Waals surface area contributed by atoms with E-state index >= 15 is 0 Å². The topological polar surface area (TPSA) is 65.5 Å². The molecule has 2 aromatic rings. The van der Waals surface area contributed by atoms with Gasteiger partial charge in [0.1, 0.15) is 0 Å². The molecule has 30 heavy (non-hydrogen) atoms. The second kappa shape index (κ2) is 10.0. The molecule has 1 aliphatic heterocycles. The molecule has 1 unspecified atom stereocenters. The molecule has 5 nitrogen and oxygen atoms in total. The molecule has 1 amide bonds. The zero-order valence-corrected chi connectivity index (χ0v) is 20.2. The Labute approximate surface area is 200 Å². The van der Waals surface area contributed by atoms with Gasteiger partial charge in [0.05, 0.1) is 6.54 Å². The number of aliphatic imine (C=N–C) groups is 1. The molecule has 0 spiro atoms. The Hall–Kier alpha value is -1.80. The van der Waals surface area contributed by atoms with Crippen LogP contribution in [-0.2, 0) is 10.2 Å². The molecule has 0 aromatic heterocycles. The molecule has 1 fully saturated rings. The van der Waals surface area contributed by atoms with Crippen molar-refractivity contribution in [3.63, 3.8) is 0 Å². The number of guanidine groups is 1. The zero-order valence-electron chi connectivity index (χ0n) is 17.1. The van der Waals surface area contributed by atoms with Gasteiger partial charge in [-0.25, -0.2) is 0 Å².